The monoisotopic (exact) mass is 258 g/mol. The van der Waals surface area contributed by atoms with Gasteiger partial charge in [0.2, 0.25) is 5.43 Å². The third-order valence-corrected chi connectivity index (χ3v) is 3.19. The van der Waals surface area contributed by atoms with Gasteiger partial charge in [0.05, 0.1) is 10.9 Å². The second-order valence-electron chi connectivity index (χ2n) is 5.00. The fourth-order valence-corrected chi connectivity index (χ4v) is 2.09. The third-order valence-electron chi connectivity index (χ3n) is 3.19. The van der Waals surface area contributed by atoms with Crippen LogP contribution >= 0.6 is 0 Å². The van der Waals surface area contributed by atoms with E-state index in [-0.39, 0.29) is 22.7 Å². The molecular weight excluding hydrogens is 240 g/mol. The van der Waals surface area contributed by atoms with Gasteiger partial charge in [-0.25, -0.2) is 4.98 Å². The Bertz CT molecular complexity index is 699. The van der Waals surface area contributed by atoms with Crippen LogP contribution in [0.3, 0.4) is 0 Å². The van der Waals surface area contributed by atoms with E-state index in [1.54, 1.807) is 32.2 Å². The molecule has 19 heavy (non-hydrogen) atoms. The Morgan fingerprint density at radius 1 is 1.37 bits per heavy atom. The molecule has 0 bridgehead atoms. The van der Waals surface area contributed by atoms with E-state index in [0.29, 0.717) is 17.6 Å². The SMILES string of the molecule is CCn1cc(C(=O)C(C)C)c(=O)c2ccc(C)nc21. The first-order chi connectivity index (χ1) is 8.95. The average molecular weight is 258 g/mol. The lowest BCUT2D eigenvalue weighted by molar-refractivity contribution is 0.0938. The van der Waals surface area contributed by atoms with Crippen molar-refractivity contribution in [3.63, 3.8) is 0 Å². The highest BCUT2D eigenvalue weighted by Crippen LogP contribution is 2.13. The maximum Gasteiger partial charge on any atom is 0.201 e. The molecule has 2 aromatic rings. The Balaban J connectivity index is 2.83. The molecule has 0 N–H and O–H groups in total. The first-order valence-corrected chi connectivity index (χ1v) is 6.50. The Morgan fingerprint density at radius 3 is 2.63 bits per heavy atom. The zero-order valence-electron chi connectivity index (χ0n) is 11.7. The Kier molecular flexibility index (Phi) is 3.51. The summed E-state index contributed by atoms with van der Waals surface area (Å²) in [5, 5.41) is 0.513. The van der Waals surface area contributed by atoms with Crippen molar-refractivity contribution >= 4 is 16.8 Å². The number of nitrogens with zero attached hydrogens (tertiary/aromatic N) is 2. The van der Waals surface area contributed by atoms with Crippen LogP contribution in [0.25, 0.3) is 11.0 Å². The molecule has 0 saturated carbocycles. The summed E-state index contributed by atoms with van der Waals surface area (Å²) in [4.78, 5) is 28.9. The van der Waals surface area contributed by atoms with Gasteiger partial charge in [0.1, 0.15) is 5.65 Å². The van der Waals surface area contributed by atoms with Crippen molar-refractivity contribution in [1.82, 2.24) is 9.55 Å². The summed E-state index contributed by atoms with van der Waals surface area (Å²) in [5.41, 5.74) is 1.55. The summed E-state index contributed by atoms with van der Waals surface area (Å²) in [6.07, 6.45) is 1.64. The number of aryl methyl sites for hydroxylation is 2. The summed E-state index contributed by atoms with van der Waals surface area (Å²) in [6, 6.07) is 3.55. The Morgan fingerprint density at radius 2 is 2.05 bits per heavy atom. The summed E-state index contributed by atoms with van der Waals surface area (Å²) < 4.78 is 1.86. The highest BCUT2D eigenvalue weighted by molar-refractivity contribution is 5.99. The number of Topliss-reactive ketones (excluding diaryl/α,β-unsaturated/α-hetero) is 1. The second-order valence-corrected chi connectivity index (χ2v) is 5.00. The highest BCUT2D eigenvalue weighted by Gasteiger charge is 2.18. The average Bonchev–Trinajstić information content (AvgIpc) is 2.38. The lowest BCUT2D eigenvalue weighted by Gasteiger charge is -2.11. The van der Waals surface area contributed by atoms with Crippen LogP contribution in [0.1, 0.15) is 36.8 Å². The van der Waals surface area contributed by atoms with Crippen LogP contribution in [-0.4, -0.2) is 15.3 Å². The molecule has 4 heteroatoms. The van der Waals surface area contributed by atoms with Crippen LogP contribution < -0.4 is 5.43 Å². The number of carbonyl (C=O) groups is 1. The van der Waals surface area contributed by atoms with Gasteiger partial charge >= 0.3 is 0 Å². The summed E-state index contributed by atoms with van der Waals surface area (Å²) in [7, 11) is 0. The molecule has 0 unspecified atom stereocenters. The number of ketones is 1. The predicted molar refractivity (Wildman–Crippen MR) is 75.6 cm³/mol. The topological polar surface area (TPSA) is 52.0 Å². The van der Waals surface area contributed by atoms with E-state index in [1.807, 2.05) is 18.4 Å². The fourth-order valence-electron chi connectivity index (χ4n) is 2.09. The van der Waals surface area contributed by atoms with Gasteiger partial charge in [0.25, 0.3) is 0 Å². The van der Waals surface area contributed by atoms with Gasteiger partial charge < -0.3 is 4.57 Å². The van der Waals surface area contributed by atoms with Gasteiger partial charge in [-0.2, -0.15) is 0 Å². The molecular formula is C15H18N2O2. The number of hydrogen-bond donors (Lipinski definition) is 0. The van der Waals surface area contributed by atoms with Crippen molar-refractivity contribution in [2.45, 2.75) is 34.2 Å². The number of fused-ring (bicyclic) bond motifs is 1. The molecule has 0 aliphatic carbocycles. The van der Waals surface area contributed by atoms with E-state index in [9.17, 15) is 9.59 Å². The molecule has 0 radical (unpaired) electrons. The van der Waals surface area contributed by atoms with Gasteiger partial charge in [-0.15, -0.1) is 0 Å². The molecule has 4 nitrogen and oxygen atoms in total. The standard InChI is InChI=1S/C15H18N2O2/c1-5-17-8-12(13(18)9(2)3)14(19)11-7-6-10(4)16-15(11)17/h6-9H,5H2,1-4H3. The number of pyridine rings is 2. The normalized spacial score (nSPS) is 11.2. The van der Waals surface area contributed by atoms with Crippen LogP contribution in [0.2, 0.25) is 0 Å². The van der Waals surface area contributed by atoms with Crippen LogP contribution in [0.4, 0.5) is 0 Å². The molecule has 0 saturated heterocycles. The zero-order valence-corrected chi connectivity index (χ0v) is 11.7. The summed E-state index contributed by atoms with van der Waals surface area (Å²) in [5.74, 6) is -0.302. The van der Waals surface area contributed by atoms with Gasteiger partial charge in [-0.1, -0.05) is 13.8 Å². The van der Waals surface area contributed by atoms with Gasteiger partial charge in [0, 0.05) is 24.4 Å². The zero-order chi connectivity index (χ0) is 14.2. The maximum atomic E-state index is 12.4. The van der Waals surface area contributed by atoms with Crippen molar-refractivity contribution < 1.29 is 4.79 Å². The summed E-state index contributed by atoms with van der Waals surface area (Å²) >= 11 is 0. The smallest absolute Gasteiger partial charge is 0.201 e. The molecule has 2 aromatic heterocycles. The molecule has 0 aliphatic heterocycles. The molecule has 0 amide bonds. The van der Waals surface area contributed by atoms with E-state index in [0.717, 1.165) is 5.69 Å². The minimum atomic E-state index is -0.217. The lowest BCUT2D eigenvalue weighted by atomic mass is 10.0. The molecule has 2 rings (SSSR count). The van der Waals surface area contributed by atoms with Crippen molar-refractivity contribution in [2.75, 3.05) is 0 Å². The highest BCUT2D eigenvalue weighted by atomic mass is 16.1. The summed E-state index contributed by atoms with van der Waals surface area (Å²) in [6.45, 7) is 8.13. The molecule has 0 aromatic carbocycles. The van der Waals surface area contributed by atoms with Crippen molar-refractivity contribution in [3.8, 4) is 0 Å². The number of aromatic nitrogens is 2. The first-order valence-electron chi connectivity index (χ1n) is 6.50. The van der Waals surface area contributed by atoms with E-state index < -0.39 is 0 Å². The van der Waals surface area contributed by atoms with E-state index >= 15 is 0 Å². The van der Waals surface area contributed by atoms with Crippen molar-refractivity contribution in [3.05, 3.63) is 39.8 Å². The van der Waals surface area contributed by atoms with Gasteiger partial charge in [0.15, 0.2) is 5.78 Å². The Hall–Kier alpha value is -1.97. The maximum absolute atomic E-state index is 12.4. The van der Waals surface area contributed by atoms with E-state index in [4.69, 9.17) is 0 Å². The Labute approximate surface area is 112 Å². The molecule has 0 fully saturated rings. The minimum absolute atomic E-state index is 0.116. The largest absolute Gasteiger partial charge is 0.332 e. The van der Waals surface area contributed by atoms with Crippen LogP contribution in [0, 0.1) is 12.8 Å². The van der Waals surface area contributed by atoms with Crippen LogP contribution in [-0.2, 0) is 6.54 Å². The lowest BCUT2D eigenvalue weighted by Crippen LogP contribution is -2.22. The minimum Gasteiger partial charge on any atom is -0.332 e. The molecule has 0 aliphatic rings. The molecule has 0 spiro atoms. The number of hydrogen-bond acceptors (Lipinski definition) is 3. The van der Waals surface area contributed by atoms with E-state index in [2.05, 4.69) is 4.98 Å². The second kappa shape index (κ2) is 4.96. The van der Waals surface area contributed by atoms with Gasteiger partial charge in [-0.3, -0.25) is 9.59 Å². The fraction of sp³-hybridized carbons (Fsp3) is 0.400. The van der Waals surface area contributed by atoms with Crippen molar-refractivity contribution in [2.24, 2.45) is 5.92 Å². The third kappa shape index (κ3) is 2.30. The number of rotatable bonds is 3. The molecule has 100 valence electrons. The van der Waals surface area contributed by atoms with Crippen LogP contribution in [0.5, 0.6) is 0 Å². The predicted octanol–water partition coefficient (Wildman–Crippen LogP) is 2.56. The number of carbonyl (C=O) groups excluding carboxylic acids is 1. The van der Waals surface area contributed by atoms with Crippen molar-refractivity contribution in [1.29, 1.82) is 0 Å². The molecule has 2 heterocycles. The van der Waals surface area contributed by atoms with Gasteiger partial charge in [-0.05, 0) is 26.0 Å². The first kappa shape index (κ1) is 13.5. The molecule has 0 atom stereocenters. The van der Waals surface area contributed by atoms with Crippen LogP contribution in [0.15, 0.2) is 23.1 Å². The quantitative estimate of drug-likeness (QED) is 0.795. The van der Waals surface area contributed by atoms with E-state index in [1.165, 1.54) is 0 Å².